The fourth-order valence-corrected chi connectivity index (χ4v) is 4.14. The van der Waals surface area contributed by atoms with Gasteiger partial charge in [0.05, 0.1) is 26.4 Å². The van der Waals surface area contributed by atoms with Gasteiger partial charge in [-0.1, -0.05) is 0 Å². The molecule has 0 aliphatic carbocycles. The van der Waals surface area contributed by atoms with Gasteiger partial charge in [0.1, 0.15) is 0 Å². The predicted molar refractivity (Wildman–Crippen MR) is 143 cm³/mol. The molecule has 3 aromatic rings. The van der Waals surface area contributed by atoms with E-state index in [0.717, 1.165) is 0 Å². The lowest BCUT2D eigenvalue weighted by Gasteiger charge is -2.29. The predicted octanol–water partition coefficient (Wildman–Crippen LogP) is 3.93. The maximum Gasteiger partial charge on any atom is 0.361 e. The molecule has 39 heavy (non-hydrogen) atoms. The first-order valence-electron chi connectivity index (χ1n) is 12.7. The van der Waals surface area contributed by atoms with Crippen LogP contribution in [0.3, 0.4) is 0 Å². The standard InChI is InChI=1S/C27H29N5O7/c1-3-36-23-22(26(33)37-4-2)30-24(31-25(23)32-11-13-35-14-12-32)17-5-7-18(8-6-17)28-27(34)29-19-9-10-20-21(15-19)39-16-38-20/h5-10,15H,3-4,11-14,16H2,1-2H3,(H2,28,29,34). The molecule has 0 radical (unpaired) electrons. The number of urea groups is 1. The largest absolute Gasteiger partial charge is 0.488 e. The Labute approximate surface area is 225 Å². The molecular weight excluding hydrogens is 506 g/mol. The minimum absolute atomic E-state index is 0.0653. The lowest BCUT2D eigenvalue weighted by atomic mass is 10.1. The Morgan fingerprint density at radius 2 is 1.64 bits per heavy atom. The van der Waals surface area contributed by atoms with E-state index in [-0.39, 0.29) is 19.1 Å². The highest BCUT2D eigenvalue weighted by Crippen LogP contribution is 2.35. The zero-order valence-corrected chi connectivity index (χ0v) is 21.7. The number of anilines is 3. The zero-order valence-electron chi connectivity index (χ0n) is 21.7. The van der Waals surface area contributed by atoms with Gasteiger partial charge in [-0.15, -0.1) is 0 Å². The van der Waals surface area contributed by atoms with Crippen molar-refractivity contribution in [2.45, 2.75) is 13.8 Å². The monoisotopic (exact) mass is 535 g/mol. The number of nitrogens with one attached hydrogen (secondary N) is 2. The summed E-state index contributed by atoms with van der Waals surface area (Å²) in [7, 11) is 0. The quantitative estimate of drug-likeness (QED) is 0.409. The van der Waals surface area contributed by atoms with Crippen molar-refractivity contribution in [3.8, 4) is 28.6 Å². The third-order valence-corrected chi connectivity index (χ3v) is 5.95. The third-order valence-electron chi connectivity index (χ3n) is 5.95. The van der Waals surface area contributed by atoms with Gasteiger partial charge >= 0.3 is 12.0 Å². The highest BCUT2D eigenvalue weighted by atomic mass is 16.7. The molecule has 1 fully saturated rings. The second kappa shape index (κ2) is 11.9. The van der Waals surface area contributed by atoms with Crippen LogP contribution in [-0.2, 0) is 9.47 Å². The van der Waals surface area contributed by atoms with Crippen molar-refractivity contribution < 1.29 is 33.3 Å². The van der Waals surface area contributed by atoms with Crippen molar-refractivity contribution in [2.24, 2.45) is 0 Å². The smallest absolute Gasteiger partial charge is 0.361 e. The van der Waals surface area contributed by atoms with Crippen LogP contribution in [0.15, 0.2) is 42.5 Å². The molecule has 2 aliphatic heterocycles. The minimum atomic E-state index is -0.586. The molecule has 0 atom stereocenters. The third kappa shape index (κ3) is 5.96. The molecule has 2 aromatic carbocycles. The molecule has 1 aromatic heterocycles. The second-order valence-corrected chi connectivity index (χ2v) is 8.53. The van der Waals surface area contributed by atoms with Gasteiger partial charge in [-0.2, -0.15) is 0 Å². The average molecular weight is 536 g/mol. The van der Waals surface area contributed by atoms with Crippen molar-refractivity contribution in [2.75, 3.05) is 61.8 Å². The first-order chi connectivity index (χ1) is 19.1. The fourth-order valence-electron chi connectivity index (χ4n) is 4.14. The zero-order chi connectivity index (χ0) is 27.2. The molecule has 1 saturated heterocycles. The molecular formula is C27H29N5O7. The number of carbonyl (C=O) groups is 2. The second-order valence-electron chi connectivity index (χ2n) is 8.53. The van der Waals surface area contributed by atoms with E-state index in [0.29, 0.717) is 78.7 Å². The molecule has 12 heteroatoms. The van der Waals surface area contributed by atoms with Crippen LogP contribution in [0.2, 0.25) is 0 Å². The summed E-state index contributed by atoms with van der Waals surface area (Å²) in [5, 5.41) is 5.56. The van der Waals surface area contributed by atoms with Gasteiger partial charge in [-0.3, -0.25) is 0 Å². The summed E-state index contributed by atoms with van der Waals surface area (Å²) < 4.78 is 27.2. The number of amides is 2. The Hall–Kier alpha value is -4.58. The molecule has 3 heterocycles. The lowest BCUT2D eigenvalue weighted by molar-refractivity contribution is 0.0514. The Bertz CT molecular complexity index is 1340. The van der Waals surface area contributed by atoms with Crippen molar-refractivity contribution in [3.63, 3.8) is 0 Å². The van der Waals surface area contributed by atoms with E-state index in [4.69, 9.17) is 28.7 Å². The molecule has 2 N–H and O–H groups in total. The van der Waals surface area contributed by atoms with E-state index in [2.05, 4.69) is 15.6 Å². The number of morpholine rings is 1. The van der Waals surface area contributed by atoms with E-state index in [1.165, 1.54) is 0 Å². The van der Waals surface area contributed by atoms with Gasteiger partial charge in [-0.05, 0) is 50.2 Å². The van der Waals surface area contributed by atoms with Crippen LogP contribution in [0.25, 0.3) is 11.4 Å². The van der Waals surface area contributed by atoms with E-state index in [1.54, 1.807) is 49.4 Å². The van der Waals surface area contributed by atoms with Crippen molar-refractivity contribution >= 4 is 29.2 Å². The number of hydrogen-bond acceptors (Lipinski definition) is 10. The number of nitrogens with zero attached hydrogens (tertiary/aromatic N) is 3. The first-order valence-corrected chi connectivity index (χ1v) is 12.7. The van der Waals surface area contributed by atoms with Crippen LogP contribution in [-0.4, -0.2) is 68.3 Å². The number of carbonyl (C=O) groups excluding carboxylic acids is 2. The van der Waals surface area contributed by atoms with Gasteiger partial charge < -0.3 is 39.2 Å². The molecule has 2 aliphatic rings. The maximum absolute atomic E-state index is 12.8. The number of fused-ring (bicyclic) bond motifs is 1. The van der Waals surface area contributed by atoms with Gasteiger partial charge in [0.15, 0.2) is 34.6 Å². The highest BCUT2D eigenvalue weighted by Gasteiger charge is 2.27. The fraction of sp³-hybridized carbons (Fsp3) is 0.333. The number of hydrogen-bond donors (Lipinski definition) is 2. The van der Waals surface area contributed by atoms with Gasteiger partial charge in [0, 0.05) is 36.1 Å². The molecule has 0 bridgehead atoms. The van der Waals surface area contributed by atoms with E-state index in [9.17, 15) is 9.59 Å². The average Bonchev–Trinajstić information content (AvgIpc) is 3.42. The van der Waals surface area contributed by atoms with Crippen molar-refractivity contribution in [3.05, 3.63) is 48.2 Å². The van der Waals surface area contributed by atoms with Crippen LogP contribution < -0.4 is 29.7 Å². The molecule has 2 amide bonds. The molecule has 0 spiro atoms. The van der Waals surface area contributed by atoms with Gasteiger partial charge in [0.2, 0.25) is 6.79 Å². The van der Waals surface area contributed by atoms with E-state index < -0.39 is 12.0 Å². The number of benzene rings is 2. The van der Waals surface area contributed by atoms with Gasteiger partial charge in [-0.25, -0.2) is 19.6 Å². The SMILES string of the molecule is CCOC(=O)c1nc(-c2ccc(NC(=O)Nc3ccc4c(c3)OCO4)cc2)nc(N2CCOCC2)c1OCC. The summed E-state index contributed by atoms with van der Waals surface area (Å²) in [4.78, 5) is 36.7. The maximum atomic E-state index is 12.8. The Morgan fingerprint density at radius 1 is 0.923 bits per heavy atom. The van der Waals surface area contributed by atoms with Crippen LogP contribution in [0, 0.1) is 0 Å². The van der Waals surface area contributed by atoms with Crippen LogP contribution in [0.5, 0.6) is 17.2 Å². The summed E-state index contributed by atoms with van der Waals surface area (Å²) in [5.74, 6) is 1.76. The Kier molecular flexibility index (Phi) is 7.92. The van der Waals surface area contributed by atoms with Crippen LogP contribution >= 0.6 is 0 Å². The summed E-state index contributed by atoms with van der Waals surface area (Å²) in [6, 6.07) is 11.7. The van der Waals surface area contributed by atoms with Crippen molar-refractivity contribution in [1.29, 1.82) is 0 Å². The number of esters is 1. The highest BCUT2D eigenvalue weighted by molar-refractivity contribution is 6.00. The number of rotatable bonds is 8. The molecule has 204 valence electrons. The summed E-state index contributed by atoms with van der Waals surface area (Å²) in [6.45, 7) is 6.53. The lowest BCUT2D eigenvalue weighted by Crippen LogP contribution is -2.37. The van der Waals surface area contributed by atoms with E-state index in [1.807, 2.05) is 11.8 Å². The molecule has 12 nitrogen and oxygen atoms in total. The van der Waals surface area contributed by atoms with Crippen molar-refractivity contribution in [1.82, 2.24) is 9.97 Å². The Balaban J connectivity index is 1.37. The van der Waals surface area contributed by atoms with Gasteiger partial charge in [0.25, 0.3) is 0 Å². The topological polar surface area (TPSA) is 133 Å². The van der Waals surface area contributed by atoms with Crippen LogP contribution in [0.1, 0.15) is 24.3 Å². The molecule has 0 saturated carbocycles. The number of ether oxygens (including phenoxy) is 5. The molecule has 0 unspecified atom stereocenters. The summed E-state index contributed by atoms with van der Waals surface area (Å²) in [6.07, 6.45) is 0. The summed E-state index contributed by atoms with van der Waals surface area (Å²) in [5.41, 5.74) is 1.84. The summed E-state index contributed by atoms with van der Waals surface area (Å²) >= 11 is 0. The normalized spacial score (nSPS) is 14.1. The first kappa shape index (κ1) is 26.0. The van der Waals surface area contributed by atoms with E-state index >= 15 is 0 Å². The minimum Gasteiger partial charge on any atom is -0.488 e. The molecule has 5 rings (SSSR count). The Morgan fingerprint density at radius 3 is 2.38 bits per heavy atom. The number of aromatic nitrogens is 2. The van der Waals surface area contributed by atoms with Crippen LogP contribution in [0.4, 0.5) is 22.0 Å².